The van der Waals surface area contributed by atoms with E-state index in [2.05, 4.69) is 5.32 Å². The Hall–Kier alpha value is -4.21. The topological polar surface area (TPSA) is 86.8 Å². The third-order valence-electron chi connectivity index (χ3n) is 8.22. The van der Waals surface area contributed by atoms with Crippen LogP contribution in [-0.2, 0) is 32.6 Å². The average molecular weight is 662 g/mol. The normalized spacial score (nSPS) is 14.3. The van der Waals surface area contributed by atoms with Crippen LogP contribution in [0.1, 0.15) is 43.2 Å². The fourth-order valence-electron chi connectivity index (χ4n) is 5.77. The summed E-state index contributed by atoms with van der Waals surface area (Å²) >= 11 is 6.52. The maximum absolute atomic E-state index is 14.5. The van der Waals surface area contributed by atoms with Gasteiger partial charge in [0.25, 0.3) is 10.0 Å². The first-order valence-corrected chi connectivity index (χ1v) is 17.2. The van der Waals surface area contributed by atoms with E-state index in [1.54, 1.807) is 48.5 Å². The molecule has 0 saturated heterocycles. The van der Waals surface area contributed by atoms with Gasteiger partial charge >= 0.3 is 0 Å². The molecule has 46 heavy (non-hydrogen) atoms. The van der Waals surface area contributed by atoms with Gasteiger partial charge < -0.3 is 10.2 Å². The van der Waals surface area contributed by atoms with Crippen molar-refractivity contribution in [1.82, 2.24) is 10.2 Å². The van der Waals surface area contributed by atoms with Gasteiger partial charge in [-0.3, -0.25) is 13.9 Å². The lowest BCUT2D eigenvalue weighted by molar-refractivity contribution is -0.140. The number of hydrogen-bond acceptors (Lipinski definition) is 4. The van der Waals surface area contributed by atoms with Crippen LogP contribution in [0.3, 0.4) is 0 Å². The molecule has 5 rings (SSSR count). The molecule has 0 heterocycles. The van der Waals surface area contributed by atoms with Gasteiger partial charge in [0.15, 0.2) is 0 Å². The van der Waals surface area contributed by atoms with E-state index in [4.69, 9.17) is 11.6 Å². The van der Waals surface area contributed by atoms with E-state index in [1.165, 1.54) is 35.2 Å². The van der Waals surface area contributed by atoms with Crippen molar-refractivity contribution in [3.63, 3.8) is 0 Å². The Balaban J connectivity index is 1.56. The molecule has 1 unspecified atom stereocenters. The Bertz CT molecular complexity index is 1720. The fraction of sp³-hybridized carbons (Fsp3) is 0.278. The molecule has 0 bridgehead atoms. The predicted molar refractivity (Wildman–Crippen MR) is 178 cm³/mol. The van der Waals surface area contributed by atoms with Crippen molar-refractivity contribution in [3.8, 4) is 0 Å². The summed E-state index contributed by atoms with van der Waals surface area (Å²) in [6, 6.07) is 28.3. The first kappa shape index (κ1) is 33.2. The average Bonchev–Trinajstić information content (AvgIpc) is 3.07. The number of halogens is 2. The zero-order valence-corrected chi connectivity index (χ0v) is 27.0. The van der Waals surface area contributed by atoms with E-state index in [-0.39, 0.29) is 40.5 Å². The maximum atomic E-state index is 14.5. The number of rotatable bonds is 12. The van der Waals surface area contributed by atoms with Gasteiger partial charge in [0.05, 0.1) is 15.6 Å². The molecule has 10 heteroatoms. The van der Waals surface area contributed by atoms with Crippen molar-refractivity contribution in [2.24, 2.45) is 0 Å². The standard InChI is InChI=1S/C36H37ClFN3O4S/c37-32-18-10-11-19-33(32)41(46(44,45)31-16-8-3-9-17-31)26-35(42)40(25-28-20-22-29(38)23-21-28)34(24-27-12-4-1-5-13-27)36(43)39-30-14-6-2-7-15-30/h1,3-5,8-13,16-23,30,34H,2,6-7,14-15,24-26H2,(H,39,43). The molecule has 1 saturated carbocycles. The van der Waals surface area contributed by atoms with Gasteiger partial charge in [-0.25, -0.2) is 12.8 Å². The summed E-state index contributed by atoms with van der Waals surface area (Å²) in [5.74, 6) is -1.36. The van der Waals surface area contributed by atoms with Crippen LogP contribution in [0.5, 0.6) is 0 Å². The second kappa shape index (κ2) is 15.4. The van der Waals surface area contributed by atoms with Crippen LogP contribution < -0.4 is 9.62 Å². The number of amides is 2. The highest BCUT2D eigenvalue weighted by Gasteiger charge is 2.36. The van der Waals surface area contributed by atoms with Gasteiger partial charge in [-0.15, -0.1) is 0 Å². The minimum Gasteiger partial charge on any atom is -0.352 e. The molecule has 0 aromatic heterocycles. The van der Waals surface area contributed by atoms with Crippen LogP contribution in [0.25, 0.3) is 0 Å². The maximum Gasteiger partial charge on any atom is 0.264 e. The highest BCUT2D eigenvalue weighted by Crippen LogP contribution is 2.31. The number of benzene rings is 4. The van der Waals surface area contributed by atoms with Gasteiger partial charge in [0.1, 0.15) is 18.4 Å². The van der Waals surface area contributed by atoms with Crippen LogP contribution in [-0.4, -0.2) is 43.8 Å². The SMILES string of the molecule is O=C(NC1CCCCC1)C(Cc1ccccc1)N(Cc1ccc(F)cc1)C(=O)CN(c1ccccc1Cl)S(=O)(=O)c1ccccc1. The van der Waals surface area contributed by atoms with Crippen molar-refractivity contribution < 1.29 is 22.4 Å². The number of carbonyl (C=O) groups is 2. The van der Waals surface area contributed by atoms with Crippen molar-refractivity contribution in [2.45, 2.75) is 62.0 Å². The van der Waals surface area contributed by atoms with Gasteiger partial charge in [0, 0.05) is 19.0 Å². The van der Waals surface area contributed by atoms with Gasteiger partial charge in [-0.1, -0.05) is 104 Å². The van der Waals surface area contributed by atoms with Crippen molar-refractivity contribution in [3.05, 3.63) is 131 Å². The van der Waals surface area contributed by atoms with E-state index >= 15 is 0 Å². The highest BCUT2D eigenvalue weighted by atomic mass is 35.5. The number of nitrogens with one attached hydrogen (secondary N) is 1. The van der Waals surface area contributed by atoms with Gasteiger partial charge in [0.2, 0.25) is 11.8 Å². The predicted octanol–water partition coefficient (Wildman–Crippen LogP) is 6.76. The van der Waals surface area contributed by atoms with E-state index in [1.807, 2.05) is 30.3 Å². The first-order valence-electron chi connectivity index (χ1n) is 15.4. The van der Waals surface area contributed by atoms with E-state index in [0.29, 0.717) is 5.56 Å². The number of anilines is 1. The Labute approximate surface area is 275 Å². The fourth-order valence-corrected chi connectivity index (χ4v) is 7.51. The molecule has 240 valence electrons. The molecule has 1 fully saturated rings. The minimum atomic E-state index is -4.26. The Kier molecular flexibility index (Phi) is 11.1. The molecule has 1 aliphatic rings. The zero-order valence-electron chi connectivity index (χ0n) is 25.4. The highest BCUT2D eigenvalue weighted by molar-refractivity contribution is 7.92. The third kappa shape index (κ3) is 8.33. The molecule has 1 atom stereocenters. The summed E-state index contributed by atoms with van der Waals surface area (Å²) in [6.45, 7) is -0.666. The smallest absolute Gasteiger partial charge is 0.264 e. The number of sulfonamides is 1. The van der Waals surface area contributed by atoms with Crippen LogP contribution in [0, 0.1) is 5.82 Å². The van der Waals surface area contributed by atoms with Crippen LogP contribution in [0.4, 0.5) is 10.1 Å². The van der Waals surface area contributed by atoms with E-state index in [9.17, 15) is 22.4 Å². The lowest BCUT2D eigenvalue weighted by atomic mass is 9.94. The minimum absolute atomic E-state index is 0.0105. The van der Waals surface area contributed by atoms with E-state index in [0.717, 1.165) is 42.0 Å². The van der Waals surface area contributed by atoms with Gasteiger partial charge in [-0.05, 0) is 60.4 Å². The first-order chi connectivity index (χ1) is 22.2. The Morgan fingerprint density at radius 2 is 1.41 bits per heavy atom. The molecule has 0 aliphatic heterocycles. The molecule has 0 spiro atoms. The van der Waals surface area contributed by atoms with Crippen LogP contribution in [0.15, 0.2) is 114 Å². The molecular formula is C36H37ClFN3O4S. The second-order valence-electron chi connectivity index (χ2n) is 11.5. The summed E-state index contributed by atoms with van der Waals surface area (Å²) in [7, 11) is -4.26. The quantitative estimate of drug-likeness (QED) is 0.182. The summed E-state index contributed by atoms with van der Waals surface area (Å²) in [5.41, 5.74) is 1.56. The summed E-state index contributed by atoms with van der Waals surface area (Å²) in [5, 5.41) is 3.32. The molecule has 4 aromatic rings. The molecule has 4 aromatic carbocycles. The molecule has 1 aliphatic carbocycles. The van der Waals surface area contributed by atoms with Crippen molar-refractivity contribution >= 4 is 39.1 Å². The van der Waals surface area contributed by atoms with Crippen LogP contribution >= 0.6 is 11.6 Å². The largest absolute Gasteiger partial charge is 0.352 e. The monoisotopic (exact) mass is 661 g/mol. The van der Waals surface area contributed by atoms with Crippen LogP contribution in [0.2, 0.25) is 5.02 Å². The number of carbonyl (C=O) groups excluding carboxylic acids is 2. The van der Waals surface area contributed by atoms with Gasteiger partial charge in [-0.2, -0.15) is 0 Å². The number of hydrogen-bond donors (Lipinski definition) is 1. The van der Waals surface area contributed by atoms with Crippen molar-refractivity contribution in [2.75, 3.05) is 10.8 Å². The molecule has 2 amide bonds. The number of nitrogens with zero attached hydrogens (tertiary/aromatic N) is 2. The Morgan fingerprint density at radius 1 is 0.804 bits per heavy atom. The molecule has 1 N–H and O–H groups in total. The lowest BCUT2D eigenvalue weighted by Gasteiger charge is -2.35. The molecule has 0 radical (unpaired) electrons. The number of para-hydroxylation sites is 1. The zero-order chi connectivity index (χ0) is 32.5. The third-order valence-corrected chi connectivity index (χ3v) is 10.3. The summed E-state index contributed by atoms with van der Waals surface area (Å²) < 4.78 is 43.0. The lowest BCUT2D eigenvalue weighted by Crippen LogP contribution is -2.55. The molecule has 7 nitrogen and oxygen atoms in total. The second-order valence-corrected chi connectivity index (χ2v) is 13.7. The van der Waals surface area contributed by atoms with E-state index < -0.39 is 34.3 Å². The molecular weight excluding hydrogens is 625 g/mol. The summed E-state index contributed by atoms with van der Waals surface area (Å²) in [6.07, 6.45) is 5.04. The Morgan fingerprint density at radius 3 is 2.07 bits per heavy atom. The van der Waals surface area contributed by atoms with Crippen molar-refractivity contribution in [1.29, 1.82) is 0 Å². The summed E-state index contributed by atoms with van der Waals surface area (Å²) in [4.78, 5) is 30.0.